The number of likely N-dealkylation sites (N-methyl/N-ethyl adjacent to an activating group) is 1. The van der Waals surface area contributed by atoms with Crippen molar-refractivity contribution in [1.82, 2.24) is 10.2 Å². The minimum absolute atomic E-state index is 0.0414. The summed E-state index contributed by atoms with van der Waals surface area (Å²) >= 11 is 0. The fraction of sp³-hybridized carbons (Fsp3) is 0.636. The van der Waals surface area contributed by atoms with Crippen LogP contribution in [-0.4, -0.2) is 62.7 Å². The molecule has 7 nitrogen and oxygen atoms in total. The molecule has 7 heteroatoms. The summed E-state index contributed by atoms with van der Waals surface area (Å²) in [6.45, 7) is 5.86. The third-order valence-electron chi connectivity index (χ3n) is 5.97. The molecule has 0 aromatic heterocycles. The molecule has 3 rings (SSSR count). The molecule has 3 atom stereocenters. The van der Waals surface area contributed by atoms with Gasteiger partial charge in [0.1, 0.15) is 12.4 Å². The predicted molar refractivity (Wildman–Crippen MR) is 112 cm³/mol. The molecule has 2 N–H and O–H groups in total. The highest BCUT2D eigenvalue weighted by Gasteiger charge is 2.27. The number of carbonyl (C=O) groups excluding carboxylic acids is 2. The van der Waals surface area contributed by atoms with Gasteiger partial charge in [0.2, 0.25) is 5.91 Å². The molecule has 0 saturated heterocycles. The first-order valence-corrected chi connectivity index (χ1v) is 10.5. The van der Waals surface area contributed by atoms with E-state index in [1.54, 1.807) is 37.3 Å². The van der Waals surface area contributed by atoms with E-state index in [1.165, 1.54) is 0 Å². The maximum atomic E-state index is 13.1. The second kappa shape index (κ2) is 9.59. The van der Waals surface area contributed by atoms with Gasteiger partial charge < -0.3 is 25.0 Å². The van der Waals surface area contributed by atoms with Gasteiger partial charge in [0.15, 0.2) is 0 Å². The number of rotatable bonds is 3. The van der Waals surface area contributed by atoms with Gasteiger partial charge in [-0.3, -0.25) is 9.59 Å². The van der Waals surface area contributed by atoms with Crippen LogP contribution in [0.25, 0.3) is 0 Å². The molecule has 1 aliphatic heterocycles. The van der Waals surface area contributed by atoms with Crippen molar-refractivity contribution >= 4 is 17.5 Å². The summed E-state index contributed by atoms with van der Waals surface area (Å²) in [5, 5.41) is 6.43. The largest absolute Gasteiger partial charge is 0.491 e. The van der Waals surface area contributed by atoms with E-state index in [2.05, 4.69) is 24.5 Å². The summed E-state index contributed by atoms with van der Waals surface area (Å²) in [6.07, 6.45) is 2.93. The lowest BCUT2D eigenvalue weighted by molar-refractivity contribution is -0.122. The van der Waals surface area contributed by atoms with E-state index in [1.807, 2.05) is 0 Å². The fourth-order valence-electron chi connectivity index (χ4n) is 3.65. The molecule has 0 unspecified atom stereocenters. The Labute approximate surface area is 173 Å². The zero-order chi connectivity index (χ0) is 21.0. The number of methoxy groups -OCH3 is 1. The Morgan fingerprint density at radius 1 is 1.31 bits per heavy atom. The number of fused-ring (bicyclic) bond motifs is 1. The first kappa shape index (κ1) is 21.6. The maximum Gasteiger partial charge on any atom is 0.257 e. The van der Waals surface area contributed by atoms with E-state index in [-0.39, 0.29) is 35.8 Å². The Morgan fingerprint density at radius 2 is 2.07 bits per heavy atom. The van der Waals surface area contributed by atoms with Crippen LogP contribution in [0.3, 0.4) is 0 Å². The van der Waals surface area contributed by atoms with Gasteiger partial charge in [0.25, 0.3) is 5.91 Å². The van der Waals surface area contributed by atoms with Crippen molar-refractivity contribution in [3.63, 3.8) is 0 Å². The van der Waals surface area contributed by atoms with Gasteiger partial charge in [0.05, 0.1) is 11.7 Å². The lowest BCUT2D eigenvalue weighted by Gasteiger charge is -2.30. The molecule has 1 aliphatic carbocycles. The molecule has 29 heavy (non-hydrogen) atoms. The number of hydrogen-bond acceptors (Lipinski definition) is 5. The van der Waals surface area contributed by atoms with Crippen molar-refractivity contribution in [3.05, 3.63) is 23.8 Å². The number of carbonyl (C=O) groups is 2. The normalized spacial score (nSPS) is 26.4. The first-order valence-electron chi connectivity index (χ1n) is 10.5. The van der Waals surface area contributed by atoms with Gasteiger partial charge in [-0.1, -0.05) is 13.3 Å². The Kier molecular flexibility index (Phi) is 7.14. The number of hydrogen-bond donors (Lipinski definition) is 2. The zero-order valence-corrected chi connectivity index (χ0v) is 17.9. The number of amides is 2. The Morgan fingerprint density at radius 3 is 2.72 bits per heavy atom. The van der Waals surface area contributed by atoms with Crippen LogP contribution in [0.15, 0.2) is 18.2 Å². The Hall–Kier alpha value is -2.12. The molecule has 0 spiro atoms. The van der Waals surface area contributed by atoms with Crippen molar-refractivity contribution < 1.29 is 19.1 Å². The average Bonchev–Trinajstić information content (AvgIpc) is 2.65. The van der Waals surface area contributed by atoms with E-state index >= 15 is 0 Å². The third kappa shape index (κ3) is 5.28. The number of ether oxygens (including phenoxy) is 2. The lowest BCUT2D eigenvalue weighted by atomic mass is 9.85. The lowest BCUT2D eigenvalue weighted by Crippen LogP contribution is -2.44. The summed E-state index contributed by atoms with van der Waals surface area (Å²) < 4.78 is 11.6. The fourth-order valence-corrected chi connectivity index (χ4v) is 3.65. The smallest absolute Gasteiger partial charge is 0.257 e. The second-order valence-corrected chi connectivity index (χ2v) is 8.39. The molecule has 0 radical (unpaired) electrons. The van der Waals surface area contributed by atoms with Gasteiger partial charge in [-0.2, -0.15) is 0 Å². The molecule has 2 aliphatic rings. The van der Waals surface area contributed by atoms with Gasteiger partial charge in [-0.25, -0.2) is 0 Å². The first-order chi connectivity index (χ1) is 13.9. The topological polar surface area (TPSA) is 79.9 Å². The maximum absolute atomic E-state index is 13.1. The van der Waals surface area contributed by atoms with E-state index in [4.69, 9.17) is 9.47 Å². The molecule has 1 heterocycles. The predicted octanol–water partition coefficient (Wildman–Crippen LogP) is 2.52. The van der Waals surface area contributed by atoms with Gasteiger partial charge in [-0.15, -0.1) is 0 Å². The van der Waals surface area contributed by atoms with Crippen LogP contribution >= 0.6 is 0 Å². The van der Waals surface area contributed by atoms with E-state index in [0.717, 1.165) is 25.8 Å². The van der Waals surface area contributed by atoms with Crippen LogP contribution in [0.1, 0.15) is 43.5 Å². The van der Waals surface area contributed by atoms with Crippen LogP contribution in [0.4, 0.5) is 5.69 Å². The molecule has 1 aromatic rings. The summed E-state index contributed by atoms with van der Waals surface area (Å²) in [7, 11) is 3.46. The summed E-state index contributed by atoms with van der Waals surface area (Å²) in [5.41, 5.74) is 1.15. The quantitative estimate of drug-likeness (QED) is 0.811. The molecule has 1 saturated carbocycles. The monoisotopic (exact) mass is 403 g/mol. The van der Waals surface area contributed by atoms with Gasteiger partial charge >= 0.3 is 0 Å². The van der Waals surface area contributed by atoms with Crippen molar-refractivity contribution in [2.75, 3.05) is 39.2 Å². The van der Waals surface area contributed by atoms with E-state index in [0.29, 0.717) is 30.2 Å². The Bertz CT molecular complexity index is 735. The molecule has 0 bridgehead atoms. The van der Waals surface area contributed by atoms with Crippen molar-refractivity contribution in [1.29, 1.82) is 0 Å². The highest BCUT2D eigenvalue weighted by atomic mass is 16.5. The Balaban J connectivity index is 1.84. The number of nitrogens with zero attached hydrogens (tertiary/aromatic N) is 1. The molecular weight excluding hydrogens is 370 g/mol. The molecule has 1 aromatic carbocycles. The zero-order valence-electron chi connectivity index (χ0n) is 17.9. The summed E-state index contributed by atoms with van der Waals surface area (Å²) in [6, 6.07) is 5.38. The second-order valence-electron chi connectivity index (χ2n) is 8.39. The molecule has 1 fully saturated rings. The standard InChI is InChI=1S/C22H33N3O4/c1-14-11-23-15(2)13-29-19-10-17(24-21(26)16-6-5-7-16)8-9-18(19)22(27)25(3)12-20(14)28-4/h8-10,14-16,20,23H,5-7,11-13H2,1-4H3,(H,24,26)/t14-,15+,20+/m1/s1. The van der Waals surface area contributed by atoms with Gasteiger partial charge in [-0.05, 0) is 37.8 Å². The van der Waals surface area contributed by atoms with E-state index in [9.17, 15) is 9.59 Å². The highest BCUT2D eigenvalue weighted by molar-refractivity contribution is 5.99. The molecule has 2 amide bonds. The number of anilines is 1. The average molecular weight is 404 g/mol. The van der Waals surface area contributed by atoms with Crippen LogP contribution < -0.4 is 15.4 Å². The molecule has 160 valence electrons. The minimum Gasteiger partial charge on any atom is -0.491 e. The number of nitrogens with one attached hydrogen (secondary N) is 2. The van der Waals surface area contributed by atoms with E-state index < -0.39 is 0 Å². The van der Waals surface area contributed by atoms with Crippen LogP contribution in [0, 0.1) is 11.8 Å². The van der Waals surface area contributed by atoms with Crippen molar-refractivity contribution in [2.45, 2.75) is 45.3 Å². The third-order valence-corrected chi connectivity index (χ3v) is 5.97. The highest BCUT2D eigenvalue weighted by Crippen LogP contribution is 2.30. The summed E-state index contributed by atoms with van der Waals surface area (Å²) in [5.74, 6) is 0.763. The van der Waals surface area contributed by atoms with Gasteiger partial charge in [0, 0.05) is 51.0 Å². The van der Waals surface area contributed by atoms with Crippen LogP contribution in [0.5, 0.6) is 5.75 Å². The van der Waals surface area contributed by atoms with Crippen molar-refractivity contribution in [3.8, 4) is 5.75 Å². The SMILES string of the molecule is CO[C@H]1CN(C)C(=O)c2ccc(NC(=O)C3CCC3)cc2OC[C@H](C)NC[C@H]1C. The van der Waals surface area contributed by atoms with Crippen LogP contribution in [-0.2, 0) is 9.53 Å². The summed E-state index contributed by atoms with van der Waals surface area (Å²) in [4.78, 5) is 27.0. The molecular formula is C22H33N3O4. The number of benzene rings is 1. The minimum atomic E-state index is -0.118. The van der Waals surface area contributed by atoms with Crippen LogP contribution in [0.2, 0.25) is 0 Å². The van der Waals surface area contributed by atoms with Crippen molar-refractivity contribution in [2.24, 2.45) is 11.8 Å².